The van der Waals surface area contributed by atoms with E-state index >= 15 is 0 Å². The van der Waals surface area contributed by atoms with Crippen molar-refractivity contribution in [2.24, 2.45) is 0 Å². The SMILES string of the molecule is C=C(CCCC)Nc1nccc(-c2ccc3[nH]nc(-c4nc5c(-c6cccnc6)cncc5[nH]4)c3c2)n1. The number of unbranched alkanes of at least 4 members (excludes halogenated alkanes) is 1. The topological polar surface area (TPSA) is 121 Å². The van der Waals surface area contributed by atoms with Crippen LogP contribution in [0.5, 0.6) is 0 Å². The zero-order valence-electron chi connectivity index (χ0n) is 20.4. The molecule has 0 aliphatic heterocycles. The van der Waals surface area contributed by atoms with Crippen LogP contribution in [-0.2, 0) is 0 Å². The van der Waals surface area contributed by atoms with E-state index in [0.29, 0.717) is 11.8 Å². The van der Waals surface area contributed by atoms with Gasteiger partial charge in [0.25, 0.3) is 0 Å². The molecule has 0 amide bonds. The molecule has 37 heavy (non-hydrogen) atoms. The van der Waals surface area contributed by atoms with Gasteiger partial charge < -0.3 is 10.3 Å². The highest BCUT2D eigenvalue weighted by molar-refractivity contribution is 5.97. The summed E-state index contributed by atoms with van der Waals surface area (Å²) in [6.45, 7) is 6.25. The van der Waals surface area contributed by atoms with E-state index in [1.54, 1.807) is 18.6 Å². The molecule has 182 valence electrons. The molecule has 3 N–H and O–H groups in total. The molecule has 0 bridgehead atoms. The van der Waals surface area contributed by atoms with Gasteiger partial charge in [0, 0.05) is 52.6 Å². The van der Waals surface area contributed by atoms with Gasteiger partial charge in [-0.15, -0.1) is 0 Å². The van der Waals surface area contributed by atoms with Gasteiger partial charge in [0.05, 0.1) is 22.9 Å². The Morgan fingerprint density at radius 3 is 2.78 bits per heavy atom. The molecular formula is C28H25N9. The van der Waals surface area contributed by atoms with E-state index < -0.39 is 0 Å². The number of aromatic amines is 2. The molecule has 5 heterocycles. The third-order valence-electron chi connectivity index (χ3n) is 6.23. The largest absolute Gasteiger partial charge is 0.335 e. The molecule has 6 rings (SSSR count). The monoisotopic (exact) mass is 487 g/mol. The zero-order valence-corrected chi connectivity index (χ0v) is 20.4. The lowest BCUT2D eigenvalue weighted by molar-refractivity contribution is 0.789. The van der Waals surface area contributed by atoms with Gasteiger partial charge in [0.15, 0.2) is 5.82 Å². The Bertz CT molecular complexity index is 1720. The molecule has 1 aromatic carbocycles. The molecule has 0 unspecified atom stereocenters. The predicted octanol–water partition coefficient (Wildman–Crippen LogP) is 6.14. The van der Waals surface area contributed by atoms with Crippen molar-refractivity contribution in [2.75, 3.05) is 5.32 Å². The fourth-order valence-corrected chi connectivity index (χ4v) is 4.32. The van der Waals surface area contributed by atoms with Gasteiger partial charge in [-0.1, -0.05) is 32.1 Å². The third-order valence-corrected chi connectivity index (χ3v) is 6.23. The highest BCUT2D eigenvalue weighted by atomic mass is 15.1. The van der Waals surface area contributed by atoms with Crippen molar-refractivity contribution in [3.63, 3.8) is 0 Å². The Morgan fingerprint density at radius 1 is 0.973 bits per heavy atom. The molecule has 5 aromatic heterocycles. The van der Waals surface area contributed by atoms with Crippen LogP contribution in [0.2, 0.25) is 0 Å². The second-order valence-corrected chi connectivity index (χ2v) is 8.84. The van der Waals surface area contributed by atoms with Crippen molar-refractivity contribution >= 4 is 27.9 Å². The molecule has 0 atom stereocenters. The van der Waals surface area contributed by atoms with E-state index in [1.165, 1.54) is 0 Å². The second kappa shape index (κ2) is 9.62. The molecule has 9 heteroatoms. The number of allylic oxidation sites excluding steroid dienone is 1. The van der Waals surface area contributed by atoms with Crippen molar-refractivity contribution in [2.45, 2.75) is 26.2 Å². The van der Waals surface area contributed by atoms with Crippen molar-refractivity contribution in [1.29, 1.82) is 0 Å². The number of imidazole rings is 1. The lowest BCUT2D eigenvalue weighted by Crippen LogP contribution is -2.03. The average molecular weight is 488 g/mol. The van der Waals surface area contributed by atoms with E-state index in [-0.39, 0.29) is 0 Å². The summed E-state index contributed by atoms with van der Waals surface area (Å²) in [4.78, 5) is 26.0. The molecule has 0 spiro atoms. The van der Waals surface area contributed by atoms with E-state index in [2.05, 4.69) is 55.0 Å². The first-order valence-corrected chi connectivity index (χ1v) is 12.2. The standard InChI is InChI=1S/C28H25N9/c1-3-4-6-17(2)32-28-31-12-10-22(34-28)18-8-9-23-20(13-18)26(37-36-23)27-33-24-16-30-15-21(25(24)35-27)19-7-5-11-29-14-19/h5,7-16H,2-4,6H2,1H3,(H,33,35)(H,36,37)(H,31,32,34). The van der Waals surface area contributed by atoms with Crippen LogP contribution in [0.3, 0.4) is 0 Å². The Hall–Kier alpha value is -4.92. The fraction of sp³-hybridized carbons (Fsp3) is 0.143. The summed E-state index contributed by atoms with van der Waals surface area (Å²) in [5.41, 5.74) is 7.83. The van der Waals surface area contributed by atoms with Crippen LogP contribution in [-0.4, -0.2) is 40.1 Å². The molecule has 0 aliphatic carbocycles. The highest BCUT2D eigenvalue weighted by Gasteiger charge is 2.16. The molecular weight excluding hydrogens is 462 g/mol. The van der Waals surface area contributed by atoms with Gasteiger partial charge in [-0.25, -0.2) is 15.0 Å². The lowest BCUT2D eigenvalue weighted by Gasteiger charge is -2.09. The van der Waals surface area contributed by atoms with Gasteiger partial charge in [0.2, 0.25) is 5.95 Å². The van der Waals surface area contributed by atoms with E-state index in [1.807, 2.05) is 42.7 Å². The number of nitrogens with one attached hydrogen (secondary N) is 3. The number of nitrogens with zero attached hydrogens (tertiary/aromatic N) is 6. The minimum atomic E-state index is 0.541. The number of hydrogen-bond acceptors (Lipinski definition) is 7. The van der Waals surface area contributed by atoms with Crippen LogP contribution < -0.4 is 5.32 Å². The number of benzene rings is 1. The Kier molecular flexibility index (Phi) is 5.86. The maximum absolute atomic E-state index is 4.90. The highest BCUT2D eigenvalue weighted by Crippen LogP contribution is 2.32. The maximum atomic E-state index is 4.90. The number of fused-ring (bicyclic) bond motifs is 2. The molecule has 0 saturated carbocycles. The lowest BCUT2D eigenvalue weighted by atomic mass is 10.1. The van der Waals surface area contributed by atoms with Gasteiger partial charge in [-0.2, -0.15) is 5.10 Å². The quantitative estimate of drug-likeness (QED) is 0.236. The zero-order chi connectivity index (χ0) is 25.2. The van der Waals surface area contributed by atoms with Crippen LogP contribution in [0.4, 0.5) is 5.95 Å². The first kappa shape index (κ1) is 22.5. The van der Waals surface area contributed by atoms with Gasteiger partial charge in [-0.05, 0) is 37.1 Å². The van der Waals surface area contributed by atoms with Gasteiger partial charge in [-0.3, -0.25) is 15.1 Å². The van der Waals surface area contributed by atoms with Crippen LogP contribution in [0, 0.1) is 0 Å². The number of pyridine rings is 2. The van der Waals surface area contributed by atoms with Crippen LogP contribution in [0.15, 0.2) is 79.7 Å². The number of H-pyrrole nitrogens is 2. The minimum Gasteiger partial charge on any atom is -0.335 e. The maximum Gasteiger partial charge on any atom is 0.227 e. The van der Waals surface area contributed by atoms with Crippen LogP contribution >= 0.6 is 0 Å². The van der Waals surface area contributed by atoms with Crippen molar-refractivity contribution in [3.8, 4) is 33.9 Å². The summed E-state index contributed by atoms with van der Waals surface area (Å²) in [5.74, 6) is 1.20. The molecule has 6 aromatic rings. The van der Waals surface area contributed by atoms with Crippen LogP contribution in [0.25, 0.3) is 55.8 Å². The summed E-state index contributed by atoms with van der Waals surface area (Å²) in [6.07, 6.45) is 12.0. The number of aromatic nitrogens is 8. The van der Waals surface area contributed by atoms with E-state index in [4.69, 9.17) is 9.97 Å². The normalized spacial score (nSPS) is 11.3. The predicted molar refractivity (Wildman–Crippen MR) is 146 cm³/mol. The first-order valence-electron chi connectivity index (χ1n) is 12.2. The smallest absolute Gasteiger partial charge is 0.227 e. The Balaban J connectivity index is 1.37. The molecule has 0 fully saturated rings. The Labute approximate surface area is 213 Å². The Morgan fingerprint density at radius 2 is 1.92 bits per heavy atom. The average Bonchev–Trinajstić information content (AvgIpc) is 3.56. The van der Waals surface area contributed by atoms with E-state index in [0.717, 1.165) is 75.0 Å². The number of anilines is 1. The van der Waals surface area contributed by atoms with Crippen LogP contribution in [0.1, 0.15) is 26.2 Å². The summed E-state index contributed by atoms with van der Waals surface area (Å²) >= 11 is 0. The third kappa shape index (κ3) is 4.42. The number of hydrogen-bond donors (Lipinski definition) is 3. The summed E-state index contributed by atoms with van der Waals surface area (Å²) in [7, 11) is 0. The van der Waals surface area contributed by atoms with Crippen molar-refractivity contribution < 1.29 is 0 Å². The molecule has 0 aliphatic rings. The first-order chi connectivity index (χ1) is 18.2. The van der Waals surface area contributed by atoms with Gasteiger partial charge >= 0.3 is 0 Å². The molecule has 9 nitrogen and oxygen atoms in total. The van der Waals surface area contributed by atoms with Crippen molar-refractivity contribution in [1.82, 2.24) is 40.1 Å². The number of rotatable bonds is 8. The van der Waals surface area contributed by atoms with Crippen molar-refractivity contribution in [3.05, 3.63) is 79.7 Å². The summed E-state index contributed by atoms with van der Waals surface area (Å²) in [6, 6.07) is 11.9. The fourth-order valence-electron chi connectivity index (χ4n) is 4.32. The second-order valence-electron chi connectivity index (χ2n) is 8.84. The van der Waals surface area contributed by atoms with Gasteiger partial charge in [0.1, 0.15) is 11.2 Å². The summed E-state index contributed by atoms with van der Waals surface area (Å²) in [5, 5.41) is 11.9. The summed E-state index contributed by atoms with van der Waals surface area (Å²) < 4.78 is 0. The molecule has 0 saturated heterocycles. The minimum absolute atomic E-state index is 0.541. The molecule has 0 radical (unpaired) electrons. The van der Waals surface area contributed by atoms with E-state index in [9.17, 15) is 0 Å².